The third kappa shape index (κ3) is 3.34. The lowest BCUT2D eigenvalue weighted by molar-refractivity contribution is 0.580. The smallest absolute Gasteiger partial charge is 0.242 e. The SMILES string of the molecule is CNc1ncc(S(=O)(=O)NCc2cnn(C)c2C)cc1Cl. The summed E-state index contributed by atoms with van der Waals surface area (Å²) in [6.07, 6.45) is 2.89. The number of anilines is 1. The number of rotatable bonds is 5. The van der Waals surface area contributed by atoms with E-state index in [2.05, 4.69) is 20.1 Å². The molecule has 0 saturated carbocycles. The molecule has 0 aliphatic carbocycles. The Morgan fingerprint density at radius 1 is 1.38 bits per heavy atom. The minimum atomic E-state index is -3.68. The molecule has 0 spiro atoms. The summed E-state index contributed by atoms with van der Waals surface area (Å²) >= 11 is 5.95. The maximum Gasteiger partial charge on any atom is 0.242 e. The molecule has 21 heavy (non-hydrogen) atoms. The molecule has 0 amide bonds. The second-order valence-electron chi connectivity index (χ2n) is 4.45. The molecule has 9 heteroatoms. The van der Waals surface area contributed by atoms with Gasteiger partial charge in [-0.15, -0.1) is 0 Å². The van der Waals surface area contributed by atoms with Crippen LogP contribution in [0.3, 0.4) is 0 Å². The standard InChI is InChI=1S/C12H16ClN5O2S/c1-8-9(5-16-18(8)3)6-17-21(19,20)10-4-11(13)12(14-2)15-7-10/h4-5,7,17H,6H2,1-3H3,(H,14,15). The van der Waals surface area contributed by atoms with Crippen LogP contribution in [0.4, 0.5) is 5.82 Å². The van der Waals surface area contributed by atoms with Crippen molar-refractivity contribution in [2.75, 3.05) is 12.4 Å². The first-order valence-electron chi connectivity index (χ1n) is 6.15. The predicted molar refractivity (Wildman–Crippen MR) is 80.8 cm³/mol. The van der Waals surface area contributed by atoms with Gasteiger partial charge in [-0.3, -0.25) is 4.68 Å². The fourth-order valence-electron chi connectivity index (χ4n) is 1.73. The largest absolute Gasteiger partial charge is 0.372 e. The van der Waals surface area contributed by atoms with Gasteiger partial charge in [-0.1, -0.05) is 11.6 Å². The van der Waals surface area contributed by atoms with Crippen molar-refractivity contribution in [2.45, 2.75) is 18.4 Å². The van der Waals surface area contributed by atoms with Crippen molar-refractivity contribution in [3.63, 3.8) is 0 Å². The van der Waals surface area contributed by atoms with Gasteiger partial charge in [0.05, 0.1) is 11.2 Å². The first-order chi connectivity index (χ1) is 9.85. The number of sulfonamides is 1. The van der Waals surface area contributed by atoms with E-state index in [0.29, 0.717) is 5.82 Å². The van der Waals surface area contributed by atoms with E-state index >= 15 is 0 Å². The quantitative estimate of drug-likeness (QED) is 0.863. The molecule has 2 rings (SSSR count). The molecular weight excluding hydrogens is 314 g/mol. The van der Waals surface area contributed by atoms with Gasteiger partial charge >= 0.3 is 0 Å². The van der Waals surface area contributed by atoms with Crippen LogP contribution in [-0.2, 0) is 23.6 Å². The van der Waals surface area contributed by atoms with Crippen LogP contribution in [0.1, 0.15) is 11.3 Å². The van der Waals surface area contributed by atoms with E-state index < -0.39 is 10.0 Å². The highest BCUT2D eigenvalue weighted by Crippen LogP contribution is 2.22. The minimum Gasteiger partial charge on any atom is -0.372 e. The predicted octanol–water partition coefficient (Wildman–Crippen LogP) is 1.30. The molecule has 2 aromatic rings. The Morgan fingerprint density at radius 3 is 2.62 bits per heavy atom. The summed E-state index contributed by atoms with van der Waals surface area (Å²) in [6, 6.07) is 1.36. The minimum absolute atomic E-state index is 0.0213. The summed E-state index contributed by atoms with van der Waals surface area (Å²) < 4.78 is 28.6. The Labute approximate surface area is 128 Å². The van der Waals surface area contributed by atoms with Gasteiger partial charge in [0.2, 0.25) is 10.0 Å². The molecule has 0 bridgehead atoms. The molecule has 2 heterocycles. The van der Waals surface area contributed by atoms with Crippen LogP contribution >= 0.6 is 11.6 Å². The van der Waals surface area contributed by atoms with Crippen molar-refractivity contribution in [1.82, 2.24) is 19.5 Å². The Balaban J connectivity index is 2.19. The van der Waals surface area contributed by atoms with Gasteiger partial charge in [0, 0.05) is 38.1 Å². The third-order valence-electron chi connectivity index (χ3n) is 3.15. The van der Waals surface area contributed by atoms with Gasteiger partial charge in [0.15, 0.2) is 0 Å². The van der Waals surface area contributed by atoms with E-state index in [0.717, 1.165) is 11.3 Å². The number of pyridine rings is 1. The highest BCUT2D eigenvalue weighted by molar-refractivity contribution is 7.89. The van der Waals surface area contributed by atoms with Gasteiger partial charge in [0.1, 0.15) is 10.7 Å². The summed E-state index contributed by atoms with van der Waals surface area (Å²) in [4.78, 5) is 3.98. The van der Waals surface area contributed by atoms with Gasteiger partial charge in [-0.25, -0.2) is 18.1 Å². The van der Waals surface area contributed by atoms with Crippen molar-refractivity contribution in [1.29, 1.82) is 0 Å². The monoisotopic (exact) mass is 329 g/mol. The molecule has 0 atom stereocenters. The van der Waals surface area contributed by atoms with Crippen molar-refractivity contribution in [3.8, 4) is 0 Å². The third-order valence-corrected chi connectivity index (χ3v) is 4.81. The Kier molecular flexibility index (Phi) is 4.50. The van der Waals surface area contributed by atoms with Crippen molar-refractivity contribution < 1.29 is 8.42 Å². The van der Waals surface area contributed by atoms with Crippen LogP contribution < -0.4 is 10.0 Å². The van der Waals surface area contributed by atoms with E-state index in [1.165, 1.54) is 12.3 Å². The first-order valence-corrected chi connectivity index (χ1v) is 8.01. The fourth-order valence-corrected chi connectivity index (χ4v) is 3.03. The van der Waals surface area contributed by atoms with Crippen LogP contribution in [0.15, 0.2) is 23.4 Å². The number of aryl methyl sites for hydroxylation is 1. The van der Waals surface area contributed by atoms with E-state index in [9.17, 15) is 8.42 Å². The Morgan fingerprint density at radius 2 is 2.10 bits per heavy atom. The zero-order valence-electron chi connectivity index (χ0n) is 11.9. The molecule has 7 nitrogen and oxygen atoms in total. The molecule has 0 aliphatic rings. The maximum atomic E-state index is 12.2. The van der Waals surface area contributed by atoms with Crippen LogP contribution in [0.25, 0.3) is 0 Å². The molecule has 0 radical (unpaired) electrons. The summed E-state index contributed by atoms with van der Waals surface area (Å²) in [5.41, 5.74) is 1.71. The zero-order chi connectivity index (χ0) is 15.6. The average Bonchev–Trinajstić information content (AvgIpc) is 2.76. The van der Waals surface area contributed by atoms with E-state index in [1.807, 2.05) is 6.92 Å². The highest BCUT2D eigenvalue weighted by Gasteiger charge is 2.17. The number of hydrogen-bond donors (Lipinski definition) is 2. The number of hydrogen-bond acceptors (Lipinski definition) is 5. The van der Waals surface area contributed by atoms with E-state index in [-0.39, 0.29) is 16.5 Å². The Hall–Kier alpha value is -1.64. The molecule has 114 valence electrons. The molecule has 0 saturated heterocycles. The van der Waals surface area contributed by atoms with E-state index in [1.54, 1.807) is 25.0 Å². The zero-order valence-corrected chi connectivity index (χ0v) is 13.5. The summed E-state index contributed by atoms with van der Waals surface area (Å²) in [7, 11) is -0.218. The van der Waals surface area contributed by atoms with Gasteiger partial charge in [-0.2, -0.15) is 5.10 Å². The normalized spacial score (nSPS) is 11.6. The van der Waals surface area contributed by atoms with Crippen molar-refractivity contribution >= 4 is 27.4 Å². The number of aromatic nitrogens is 3. The molecule has 2 aromatic heterocycles. The van der Waals surface area contributed by atoms with Crippen LogP contribution in [-0.4, -0.2) is 30.2 Å². The topological polar surface area (TPSA) is 88.9 Å². The van der Waals surface area contributed by atoms with Gasteiger partial charge in [0.25, 0.3) is 0 Å². The highest BCUT2D eigenvalue weighted by atomic mass is 35.5. The molecule has 0 fully saturated rings. The van der Waals surface area contributed by atoms with Crippen molar-refractivity contribution in [2.24, 2.45) is 7.05 Å². The van der Waals surface area contributed by atoms with Gasteiger partial charge in [-0.05, 0) is 13.0 Å². The summed E-state index contributed by atoms with van der Waals surface area (Å²) in [5.74, 6) is 0.429. The number of nitrogens with zero attached hydrogens (tertiary/aromatic N) is 3. The van der Waals surface area contributed by atoms with Gasteiger partial charge < -0.3 is 5.32 Å². The maximum absolute atomic E-state index is 12.2. The molecule has 0 aliphatic heterocycles. The molecule has 2 N–H and O–H groups in total. The summed E-state index contributed by atoms with van der Waals surface area (Å²) in [6.45, 7) is 2.03. The molecular formula is C12H16ClN5O2S. The average molecular weight is 330 g/mol. The number of nitrogens with one attached hydrogen (secondary N) is 2. The Bertz CT molecular complexity index is 757. The lowest BCUT2D eigenvalue weighted by Crippen LogP contribution is -2.23. The number of halogens is 1. The summed E-state index contributed by atoms with van der Waals surface area (Å²) in [5, 5.41) is 7.09. The van der Waals surface area contributed by atoms with Crippen LogP contribution in [0, 0.1) is 6.92 Å². The van der Waals surface area contributed by atoms with Crippen LogP contribution in [0.2, 0.25) is 5.02 Å². The second-order valence-corrected chi connectivity index (χ2v) is 6.63. The lowest BCUT2D eigenvalue weighted by atomic mass is 10.3. The molecule has 0 aromatic carbocycles. The van der Waals surface area contributed by atoms with Crippen molar-refractivity contribution in [3.05, 3.63) is 34.7 Å². The van der Waals surface area contributed by atoms with Crippen LogP contribution in [0.5, 0.6) is 0 Å². The first kappa shape index (κ1) is 15.7. The fraction of sp³-hybridized carbons (Fsp3) is 0.333. The molecule has 0 unspecified atom stereocenters. The second kappa shape index (κ2) is 6.00. The lowest BCUT2D eigenvalue weighted by Gasteiger charge is -2.08. The van der Waals surface area contributed by atoms with E-state index in [4.69, 9.17) is 11.6 Å².